The molecule has 0 aliphatic heterocycles. The largest absolute Gasteiger partial charge is 0.493 e. The Kier molecular flexibility index (Phi) is 22.6. The van der Waals surface area contributed by atoms with Crippen LogP contribution in [-0.4, -0.2) is 6.61 Å². The van der Waals surface area contributed by atoms with Gasteiger partial charge in [-0.15, -0.1) is 0 Å². The predicted octanol–water partition coefficient (Wildman–Crippen LogP) is 11.8. The minimum atomic E-state index is 0.872. The van der Waals surface area contributed by atoms with E-state index in [1.807, 2.05) is 0 Å². The third-order valence-electron chi connectivity index (χ3n) is 7.52. The molecule has 1 rings (SSSR count). The van der Waals surface area contributed by atoms with Crippen molar-refractivity contribution in [2.24, 2.45) is 0 Å². The number of hydrogen-bond donors (Lipinski definition) is 0. The van der Waals surface area contributed by atoms with E-state index >= 15 is 0 Å². The summed E-state index contributed by atoms with van der Waals surface area (Å²) in [6, 6.07) is 6.94. The molecule has 0 aromatic heterocycles. The van der Waals surface area contributed by atoms with Crippen molar-refractivity contribution < 1.29 is 4.74 Å². The fourth-order valence-corrected chi connectivity index (χ4v) is 5.14. The number of rotatable bonds is 26. The number of aryl methyl sites for hydroxylation is 2. The standard InChI is InChI=1S/C34H62O/c1-4-7-10-12-14-16-18-20-22-24-27-32-29-26-30-33(34(32)35-31-9-6-3)28-25-23-21-19-17-15-13-11-8-5-2/h26,29-30H,4-25,27-28,31H2,1-3H3. The summed E-state index contributed by atoms with van der Waals surface area (Å²) in [5.41, 5.74) is 2.93. The highest BCUT2D eigenvalue weighted by atomic mass is 16.5. The Hall–Kier alpha value is -0.980. The van der Waals surface area contributed by atoms with Crippen LogP contribution in [-0.2, 0) is 12.8 Å². The van der Waals surface area contributed by atoms with E-state index in [9.17, 15) is 0 Å². The van der Waals surface area contributed by atoms with Gasteiger partial charge in [0, 0.05) is 0 Å². The summed E-state index contributed by atoms with van der Waals surface area (Å²) >= 11 is 0. The summed E-state index contributed by atoms with van der Waals surface area (Å²) in [7, 11) is 0. The van der Waals surface area contributed by atoms with Gasteiger partial charge in [-0.3, -0.25) is 0 Å². The van der Waals surface area contributed by atoms with Crippen LogP contribution in [0.3, 0.4) is 0 Å². The molecule has 0 unspecified atom stereocenters. The Morgan fingerprint density at radius 2 is 0.771 bits per heavy atom. The molecule has 0 N–H and O–H groups in total. The molecular weight excluding hydrogens is 424 g/mol. The van der Waals surface area contributed by atoms with Gasteiger partial charge < -0.3 is 4.74 Å². The number of para-hydroxylation sites is 1. The molecule has 0 fully saturated rings. The first-order valence-electron chi connectivity index (χ1n) is 16.1. The third-order valence-corrected chi connectivity index (χ3v) is 7.52. The predicted molar refractivity (Wildman–Crippen MR) is 158 cm³/mol. The quantitative estimate of drug-likeness (QED) is 0.118. The van der Waals surface area contributed by atoms with Crippen LogP contribution in [0.25, 0.3) is 0 Å². The van der Waals surface area contributed by atoms with E-state index < -0.39 is 0 Å². The van der Waals surface area contributed by atoms with Crippen molar-refractivity contribution >= 4 is 0 Å². The molecule has 1 aromatic carbocycles. The van der Waals surface area contributed by atoms with Gasteiger partial charge >= 0.3 is 0 Å². The smallest absolute Gasteiger partial charge is 0.125 e. The molecule has 35 heavy (non-hydrogen) atoms. The topological polar surface area (TPSA) is 9.23 Å². The van der Waals surface area contributed by atoms with Crippen molar-refractivity contribution in [3.63, 3.8) is 0 Å². The number of ether oxygens (including phenoxy) is 1. The Morgan fingerprint density at radius 1 is 0.429 bits per heavy atom. The fraction of sp³-hybridized carbons (Fsp3) is 0.824. The lowest BCUT2D eigenvalue weighted by molar-refractivity contribution is 0.302. The monoisotopic (exact) mass is 486 g/mol. The van der Waals surface area contributed by atoms with Crippen molar-refractivity contribution in [2.45, 2.75) is 175 Å². The van der Waals surface area contributed by atoms with Crippen LogP contribution in [0.4, 0.5) is 0 Å². The van der Waals surface area contributed by atoms with Gasteiger partial charge in [0.25, 0.3) is 0 Å². The maximum Gasteiger partial charge on any atom is 0.125 e. The van der Waals surface area contributed by atoms with Crippen LogP contribution >= 0.6 is 0 Å². The Morgan fingerprint density at radius 3 is 1.14 bits per heavy atom. The van der Waals surface area contributed by atoms with Gasteiger partial charge in [0.2, 0.25) is 0 Å². The zero-order valence-corrected chi connectivity index (χ0v) is 24.3. The molecule has 0 aliphatic rings. The number of unbranched alkanes of at least 4 members (excludes halogenated alkanes) is 19. The minimum Gasteiger partial charge on any atom is -0.493 e. The molecule has 0 spiro atoms. The van der Waals surface area contributed by atoms with Crippen LogP contribution < -0.4 is 4.74 Å². The van der Waals surface area contributed by atoms with Gasteiger partial charge in [0.15, 0.2) is 0 Å². The van der Waals surface area contributed by atoms with E-state index in [1.54, 1.807) is 0 Å². The molecule has 0 amide bonds. The number of benzene rings is 1. The van der Waals surface area contributed by atoms with E-state index in [2.05, 4.69) is 39.0 Å². The van der Waals surface area contributed by atoms with E-state index in [-0.39, 0.29) is 0 Å². The Labute approximate surface area is 221 Å². The molecule has 0 aliphatic carbocycles. The van der Waals surface area contributed by atoms with Crippen LogP contribution in [0.5, 0.6) is 5.75 Å². The molecular formula is C34H62O. The summed E-state index contributed by atoms with van der Waals surface area (Å²) in [4.78, 5) is 0. The molecule has 0 saturated carbocycles. The van der Waals surface area contributed by atoms with Crippen LogP contribution in [0, 0.1) is 0 Å². The maximum absolute atomic E-state index is 6.39. The highest BCUT2D eigenvalue weighted by Gasteiger charge is 2.10. The molecule has 1 heteroatoms. The van der Waals surface area contributed by atoms with Crippen molar-refractivity contribution in [2.75, 3.05) is 6.61 Å². The second kappa shape index (κ2) is 24.7. The zero-order valence-electron chi connectivity index (χ0n) is 24.3. The van der Waals surface area contributed by atoms with Crippen LogP contribution in [0.1, 0.15) is 173 Å². The zero-order chi connectivity index (χ0) is 25.2. The lowest BCUT2D eigenvalue weighted by atomic mass is 9.98. The van der Waals surface area contributed by atoms with Gasteiger partial charge in [-0.05, 0) is 43.2 Å². The molecule has 0 atom stereocenters. The van der Waals surface area contributed by atoms with Gasteiger partial charge in [-0.1, -0.05) is 161 Å². The van der Waals surface area contributed by atoms with E-state index in [0.717, 1.165) is 13.0 Å². The molecule has 0 heterocycles. The first kappa shape index (κ1) is 32.0. The average Bonchev–Trinajstić information content (AvgIpc) is 2.87. The molecule has 0 saturated heterocycles. The van der Waals surface area contributed by atoms with Gasteiger partial charge in [0.1, 0.15) is 5.75 Å². The molecule has 0 bridgehead atoms. The normalized spacial score (nSPS) is 11.3. The van der Waals surface area contributed by atoms with Gasteiger partial charge in [0.05, 0.1) is 6.61 Å². The minimum absolute atomic E-state index is 0.872. The van der Waals surface area contributed by atoms with Crippen LogP contribution in [0.15, 0.2) is 18.2 Å². The Bertz CT molecular complexity index is 521. The molecule has 1 aromatic rings. The fourth-order valence-electron chi connectivity index (χ4n) is 5.14. The first-order valence-corrected chi connectivity index (χ1v) is 16.1. The summed E-state index contributed by atoms with van der Waals surface area (Å²) in [5, 5.41) is 0. The highest BCUT2D eigenvalue weighted by Crippen LogP contribution is 2.28. The molecule has 0 radical (unpaired) electrons. The second-order valence-corrected chi connectivity index (χ2v) is 11.0. The van der Waals surface area contributed by atoms with Crippen molar-refractivity contribution in [3.8, 4) is 5.75 Å². The number of hydrogen-bond acceptors (Lipinski definition) is 1. The van der Waals surface area contributed by atoms with Crippen molar-refractivity contribution in [1.82, 2.24) is 0 Å². The summed E-state index contributed by atoms with van der Waals surface area (Å²) in [6.45, 7) is 7.72. The molecule has 1 nitrogen and oxygen atoms in total. The van der Waals surface area contributed by atoms with Crippen LogP contribution in [0.2, 0.25) is 0 Å². The summed E-state index contributed by atoms with van der Waals surface area (Å²) in [5.74, 6) is 1.24. The average molecular weight is 487 g/mol. The summed E-state index contributed by atoms with van der Waals surface area (Å²) in [6.07, 6.45) is 32.8. The van der Waals surface area contributed by atoms with E-state index in [4.69, 9.17) is 4.74 Å². The lowest BCUT2D eigenvalue weighted by Crippen LogP contribution is -2.04. The summed E-state index contributed by atoms with van der Waals surface area (Å²) < 4.78 is 6.39. The van der Waals surface area contributed by atoms with Crippen molar-refractivity contribution in [3.05, 3.63) is 29.3 Å². The maximum atomic E-state index is 6.39. The molecule has 204 valence electrons. The SMILES string of the molecule is CCCCCCCCCCCCc1cccc(CCCCCCCCCCCC)c1OCCCC. The van der Waals surface area contributed by atoms with Crippen molar-refractivity contribution in [1.29, 1.82) is 0 Å². The third kappa shape index (κ3) is 18.0. The van der Waals surface area contributed by atoms with E-state index in [1.165, 1.54) is 165 Å². The van der Waals surface area contributed by atoms with E-state index in [0.29, 0.717) is 0 Å². The first-order chi connectivity index (χ1) is 17.3. The second-order valence-electron chi connectivity index (χ2n) is 11.0. The highest BCUT2D eigenvalue weighted by molar-refractivity contribution is 5.42. The Balaban J connectivity index is 2.32. The van der Waals surface area contributed by atoms with Gasteiger partial charge in [-0.2, -0.15) is 0 Å². The van der Waals surface area contributed by atoms with Gasteiger partial charge in [-0.25, -0.2) is 0 Å². The lowest BCUT2D eigenvalue weighted by Gasteiger charge is -2.16.